The third kappa shape index (κ3) is 2.95. The number of piperidine rings is 3. The third-order valence-electron chi connectivity index (χ3n) is 7.96. The highest BCUT2D eigenvalue weighted by Crippen LogP contribution is 2.45. The van der Waals surface area contributed by atoms with Crippen molar-refractivity contribution in [2.24, 2.45) is 11.8 Å². The summed E-state index contributed by atoms with van der Waals surface area (Å²) in [4.78, 5) is 18.5. The number of hydrogen-bond acceptors (Lipinski definition) is 2. The molecule has 2 aromatic rings. The van der Waals surface area contributed by atoms with E-state index in [9.17, 15) is 4.79 Å². The molecule has 1 amide bonds. The van der Waals surface area contributed by atoms with E-state index in [1.807, 2.05) is 0 Å². The Morgan fingerprint density at radius 3 is 2.97 bits per heavy atom. The lowest BCUT2D eigenvalue weighted by atomic mass is 9.68. The lowest BCUT2D eigenvalue weighted by molar-refractivity contribution is -0.136. The standard InChI is InChI=1S/C25H31N3O/c29-24(17-27-13-10-18-6-1-2-8-22(18)27)28-12-5-7-19-14-20-15-21(25(19)28)16-26-11-4-3-9-23(20)26/h1-2,6,8,10,13-14,20-21,23,25H,3-5,7,9,11-12,15-17H2/t20-,21-,23-,25+/m0/s1. The van der Waals surface area contributed by atoms with Crippen molar-refractivity contribution in [2.75, 3.05) is 19.6 Å². The molecule has 4 nitrogen and oxygen atoms in total. The number of hydrogen-bond donors (Lipinski definition) is 0. The van der Waals surface area contributed by atoms with Crippen molar-refractivity contribution in [1.29, 1.82) is 0 Å². The van der Waals surface area contributed by atoms with Gasteiger partial charge in [-0.2, -0.15) is 0 Å². The predicted octanol–water partition coefficient (Wildman–Crippen LogP) is 4.06. The van der Waals surface area contributed by atoms with E-state index in [4.69, 9.17) is 0 Å². The first-order valence-corrected chi connectivity index (χ1v) is 11.6. The van der Waals surface area contributed by atoms with Crippen molar-refractivity contribution < 1.29 is 4.79 Å². The minimum atomic E-state index is 0.293. The molecule has 6 rings (SSSR count). The van der Waals surface area contributed by atoms with Crippen molar-refractivity contribution in [1.82, 2.24) is 14.4 Å². The van der Waals surface area contributed by atoms with Crippen LogP contribution in [0.25, 0.3) is 10.9 Å². The highest BCUT2D eigenvalue weighted by Gasteiger charge is 2.46. The molecule has 3 saturated heterocycles. The van der Waals surface area contributed by atoms with Crippen LogP contribution in [0.1, 0.15) is 38.5 Å². The van der Waals surface area contributed by atoms with Gasteiger partial charge in [0.1, 0.15) is 6.54 Å². The summed E-state index contributed by atoms with van der Waals surface area (Å²) in [5.41, 5.74) is 2.74. The minimum Gasteiger partial charge on any atom is -0.338 e. The summed E-state index contributed by atoms with van der Waals surface area (Å²) in [7, 11) is 0. The predicted molar refractivity (Wildman–Crippen MR) is 116 cm³/mol. The fourth-order valence-electron chi connectivity index (χ4n) is 6.77. The minimum absolute atomic E-state index is 0.293. The van der Waals surface area contributed by atoms with Gasteiger partial charge in [-0.25, -0.2) is 0 Å². The zero-order valence-corrected chi connectivity index (χ0v) is 17.2. The highest BCUT2D eigenvalue weighted by molar-refractivity contribution is 5.83. The van der Waals surface area contributed by atoms with Crippen LogP contribution in [0, 0.1) is 11.8 Å². The molecular formula is C25H31N3O. The van der Waals surface area contributed by atoms with Crippen LogP contribution in [-0.2, 0) is 11.3 Å². The topological polar surface area (TPSA) is 28.5 Å². The van der Waals surface area contributed by atoms with Crippen molar-refractivity contribution in [3.8, 4) is 0 Å². The van der Waals surface area contributed by atoms with Gasteiger partial charge in [0, 0.05) is 30.8 Å². The zero-order valence-electron chi connectivity index (χ0n) is 17.2. The Kier molecular flexibility index (Phi) is 4.30. The Morgan fingerprint density at radius 2 is 2.00 bits per heavy atom. The van der Waals surface area contributed by atoms with E-state index in [2.05, 4.69) is 57.0 Å². The number of carbonyl (C=O) groups is 1. The molecule has 0 radical (unpaired) electrons. The molecule has 4 aliphatic rings. The first kappa shape index (κ1) is 17.8. The summed E-state index contributed by atoms with van der Waals surface area (Å²) >= 11 is 0. The van der Waals surface area contributed by atoms with Crippen LogP contribution < -0.4 is 0 Å². The second kappa shape index (κ2) is 7.02. The van der Waals surface area contributed by atoms with Gasteiger partial charge >= 0.3 is 0 Å². The number of rotatable bonds is 2. The molecule has 3 aliphatic heterocycles. The molecule has 0 saturated carbocycles. The first-order valence-electron chi connectivity index (χ1n) is 11.6. The number of para-hydroxylation sites is 1. The van der Waals surface area contributed by atoms with Gasteiger partial charge in [-0.05, 0) is 68.0 Å². The Labute approximate surface area is 173 Å². The van der Waals surface area contributed by atoms with E-state index < -0.39 is 0 Å². The van der Waals surface area contributed by atoms with Gasteiger partial charge < -0.3 is 9.47 Å². The quantitative estimate of drug-likeness (QED) is 0.725. The van der Waals surface area contributed by atoms with E-state index in [1.165, 1.54) is 50.6 Å². The van der Waals surface area contributed by atoms with Gasteiger partial charge in [0.15, 0.2) is 0 Å². The molecule has 1 aromatic carbocycles. The normalized spacial score (nSPS) is 31.9. The highest BCUT2D eigenvalue weighted by atomic mass is 16.2. The second-order valence-corrected chi connectivity index (χ2v) is 9.60. The Morgan fingerprint density at radius 1 is 1.07 bits per heavy atom. The smallest absolute Gasteiger partial charge is 0.243 e. The van der Waals surface area contributed by atoms with Crippen LogP contribution in [-0.4, -0.2) is 52.0 Å². The maximum atomic E-state index is 13.5. The molecular weight excluding hydrogens is 358 g/mol. The Bertz CT molecular complexity index is 960. The number of fused-ring (bicyclic) bond motifs is 7. The maximum absolute atomic E-state index is 13.5. The van der Waals surface area contributed by atoms with Crippen LogP contribution in [0.5, 0.6) is 0 Å². The number of aromatic nitrogens is 1. The SMILES string of the molecule is O=C(Cn1ccc2ccccc21)N1CCCC2=C[C@H]3C[C@@H](CN4CCCC[C@@H]34)[C@@H]21. The molecule has 1 aromatic heterocycles. The number of likely N-dealkylation sites (tertiary alicyclic amines) is 1. The molecule has 4 atom stereocenters. The Balaban J connectivity index is 1.27. The van der Waals surface area contributed by atoms with Crippen LogP contribution in [0.2, 0.25) is 0 Å². The average molecular weight is 390 g/mol. The zero-order chi connectivity index (χ0) is 19.4. The summed E-state index contributed by atoms with van der Waals surface area (Å²) in [5.74, 6) is 1.64. The molecule has 152 valence electrons. The first-order chi connectivity index (χ1) is 14.3. The lowest BCUT2D eigenvalue weighted by Gasteiger charge is -2.54. The summed E-state index contributed by atoms with van der Waals surface area (Å²) in [6.07, 6.45) is 12.4. The average Bonchev–Trinajstić information content (AvgIpc) is 3.16. The largest absolute Gasteiger partial charge is 0.338 e. The van der Waals surface area contributed by atoms with Gasteiger partial charge in [0.2, 0.25) is 5.91 Å². The van der Waals surface area contributed by atoms with Crippen LogP contribution in [0.3, 0.4) is 0 Å². The molecule has 29 heavy (non-hydrogen) atoms. The van der Waals surface area contributed by atoms with Gasteiger partial charge in [0.25, 0.3) is 0 Å². The van der Waals surface area contributed by atoms with E-state index in [1.54, 1.807) is 5.57 Å². The fraction of sp³-hybridized carbons (Fsp3) is 0.560. The number of amides is 1. The van der Waals surface area contributed by atoms with Crippen LogP contribution in [0.4, 0.5) is 0 Å². The molecule has 2 bridgehead atoms. The summed E-state index contributed by atoms with van der Waals surface area (Å²) in [6.45, 7) is 3.83. The van der Waals surface area contributed by atoms with Crippen LogP contribution in [0.15, 0.2) is 48.2 Å². The van der Waals surface area contributed by atoms with Gasteiger partial charge in [-0.15, -0.1) is 0 Å². The Hall–Kier alpha value is -2.07. The van der Waals surface area contributed by atoms with Gasteiger partial charge in [-0.1, -0.05) is 36.3 Å². The van der Waals surface area contributed by atoms with Gasteiger partial charge in [0.05, 0.1) is 6.04 Å². The van der Waals surface area contributed by atoms with E-state index in [0.717, 1.165) is 30.4 Å². The van der Waals surface area contributed by atoms with E-state index in [0.29, 0.717) is 24.4 Å². The number of benzene rings is 1. The summed E-state index contributed by atoms with van der Waals surface area (Å²) < 4.78 is 2.13. The molecule has 0 unspecified atom stereocenters. The van der Waals surface area contributed by atoms with Crippen molar-refractivity contribution in [3.63, 3.8) is 0 Å². The van der Waals surface area contributed by atoms with E-state index in [-0.39, 0.29) is 0 Å². The maximum Gasteiger partial charge on any atom is 0.243 e. The molecule has 0 spiro atoms. The molecule has 1 aliphatic carbocycles. The van der Waals surface area contributed by atoms with Crippen molar-refractivity contribution in [2.45, 2.75) is 57.2 Å². The van der Waals surface area contributed by atoms with Crippen molar-refractivity contribution in [3.05, 3.63) is 48.2 Å². The number of carbonyl (C=O) groups excluding carboxylic acids is 1. The number of nitrogens with zero attached hydrogens (tertiary/aromatic N) is 3. The van der Waals surface area contributed by atoms with Gasteiger partial charge in [-0.3, -0.25) is 9.69 Å². The fourth-order valence-corrected chi connectivity index (χ4v) is 6.77. The molecule has 4 heterocycles. The second-order valence-electron chi connectivity index (χ2n) is 9.60. The monoisotopic (exact) mass is 389 g/mol. The molecule has 3 fully saturated rings. The van der Waals surface area contributed by atoms with E-state index >= 15 is 0 Å². The summed E-state index contributed by atoms with van der Waals surface area (Å²) in [6, 6.07) is 11.6. The van der Waals surface area contributed by atoms with Crippen molar-refractivity contribution >= 4 is 16.8 Å². The van der Waals surface area contributed by atoms with Crippen LogP contribution >= 0.6 is 0 Å². The third-order valence-corrected chi connectivity index (χ3v) is 7.96. The lowest BCUT2D eigenvalue weighted by Crippen LogP contribution is -2.60. The molecule has 0 N–H and O–H groups in total. The molecule has 4 heteroatoms. The summed E-state index contributed by atoms with van der Waals surface area (Å²) in [5, 5.41) is 1.21.